The third-order valence-corrected chi connectivity index (χ3v) is 5.77. The van der Waals surface area contributed by atoms with Crippen molar-refractivity contribution < 1.29 is 9.84 Å². The van der Waals surface area contributed by atoms with Gasteiger partial charge < -0.3 is 19.3 Å². The van der Waals surface area contributed by atoms with Gasteiger partial charge >= 0.3 is 0 Å². The van der Waals surface area contributed by atoms with Gasteiger partial charge in [-0.25, -0.2) is 15.0 Å². The minimum Gasteiger partial charge on any atom is -0.494 e. The molecular formula is C24H27N7O2. The Bertz CT molecular complexity index is 1320. The number of aliphatic hydroxyl groups is 1. The summed E-state index contributed by atoms with van der Waals surface area (Å²) in [5.41, 5.74) is 2.95. The van der Waals surface area contributed by atoms with E-state index < -0.39 is 5.60 Å². The molecule has 170 valence electrons. The second kappa shape index (κ2) is 8.08. The zero-order valence-electron chi connectivity index (χ0n) is 19.3. The number of anilines is 1. The standard InChI is InChI=1S/C24H27N7O2/c1-5-33-19-9-17(22-29-26-14-30(22)4)7-6-16(19)10-20-25-11-18-8-15(2)27-23(21(18)28-20)31-12-24(3,32)13-31/h6-9,11,14,32H,5,10,12-13H2,1-4H3. The topological polar surface area (TPSA) is 102 Å². The van der Waals surface area contributed by atoms with Crippen molar-refractivity contribution in [3.63, 3.8) is 0 Å². The Morgan fingerprint density at radius 2 is 2.00 bits per heavy atom. The molecule has 0 aliphatic carbocycles. The molecule has 3 aromatic heterocycles. The Hall–Kier alpha value is -3.59. The summed E-state index contributed by atoms with van der Waals surface area (Å²) in [5.74, 6) is 3.04. The van der Waals surface area contributed by atoms with Gasteiger partial charge in [0.2, 0.25) is 0 Å². The van der Waals surface area contributed by atoms with E-state index in [1.54, 1.807) is 6.33 Å². The maximum absolute atomic E-state index is 10.2. The second-order valence-corrected chi connectivity index (χ2v) is 8.86. The molecule has 1 fully saturated rings. The Morgan fingerprint density at radius 3 is 2.70 bits per heavy atom. The molecule has 1 N–H and O–H groups in total. The molecule has 33 heavy (non-hydrogen) atoms. The van der Waals surface area contributed by atoms with E-state index in [0.717, 1.165) is 45.1 Å². The summed E-state index contributed by atoms with van der Waals surface area (Å²) in [4.78, 5) is 16.3. The summed E-state index contributed by atoms with van der Waals surface area (Å²) in [7, 11) is 1.91. The summed E-state index contributed by atoms with van der Waals surface area (Å²) >= 11 is 0. The molecule has 0 bridgehead atoms. The molecule has 1 aliphatic rings. The van der Waals surface area contributed by atoms with Crippen molar-refractivity contribution in [2.24, 2.45) is 7.05 Å². The first-order valence-electron chi connectivity index (χ1n) is 11.0. The molecule has 0 radical (unpaired) electrons. The lowest BCUT2D eigenvalue weighted by Gasteiger charge is -2.45. The van der Waals surface area contributed by atoms with E-state index in [2.05, 4.69) is 20.1 Å². The smallest absolute Gasteiger partial charge is 0.163 e. The summed E-state index contributed by atoms with van der Waals surface area (Å²) in [6, 6.07) is 8.02. The van der Waals surface area contributed by atoms with Crippen LogP contribution in [0.3, 0.4) is 0 Å². The van der Waals surface area contributed by atoms with Crippen molar-refractivity contribution in [3.8, 4) is 17.1 Å². The van der Waals surface area contributed by atoms with Crippen LogP contribution in [0.15, 0.2) is 36.8 Å². The lowest BCUT2D eigenvalue weighted by atomic mass is 9.97. The van der Waals surface area contributed by atoms with Crippen LogP contribution in [-0.2, 0) is 13.5 Å². The van der Waals surface area contributed by atoms with E-state index in [4.69, 9.17) is 14.7 Å². The van der Waals surface area contributed by atoms with Crippen molar-refractivity contribution in [1.82, 2.24) is 29.7 Å². The summed E-state index contributed by atoms with van der Waals surface area (Å²) in [6.07, 6.45) is 4.05. The molecule has 1 aliphatic heterocycles. The zero-order chi connectivity index (χ0) is 23.2. The van der Waals surface area contributed by atoms with E-state index in [1.807, 2.05) is 62.8 Å². The average molecular weight is 446 g/mol. The van der Waals surface area contributed by atoms with Crippen molar-refractivity contribution >= 4 is 16.7 Å². The minimum atomic E-state index is -0.690. The van der Waals surface area contributed by atoms with Gasteiger partial charge in [-0.3, -0.25) is 0 Å². The zero-order valence-corrected chi connectivity index (χ0v) is 19.3. The maximum atomic E-state index is 10.2. The number of fused-ring (bicyclic) bond motifs is 1. The predicted molar refractivity (Wildman–Crippen MR) is 125 cm³/mol. The number of ether oxygens (including phenoxy) is 1. The monoisotopic (exact) mass is 445 g/mol. The van der Waals surface area contributed by atoms with Crippen LogP contribution in [-0.4, -0.2) is 60.1 Å². The Kier molecular flexibility index (Phi) is 5.20. The fraction of sp³-hybridized carbons (Fsp3) is 0.375. The van der Waals surface area contributed by atoms with E-state index in [-0.39, 0.29) is 0 Å². The van der Waals surface area contributed by atoms with E-state index in [1.165, 1.54) is 0 Å². The third kappa shape index (κ3) is 4.11. The molecule has 0 spiro atoms. The fourth-order valence-electron chi connectivity index (χ4n) is 4.27. The summed E-state index contributed by atoms with van der Waals surface area (Å²) in [6.45, 7) is 7.39. The quantitative estimate of drug-likeness (QED) is 0.483. The highest BCUT2D eigenvalue weighted by atomic mass is 16.5. The molecule has 5 rings (SSSR count). The van der Waals surface area contributed by atoms with Gasteiger partial charge in [-0.05, 0) is 32.9 Å². The molecule has 0 amide bonds. The molecule has 0 unspecified atom stereocenters. The largest absolute Gasteiger partial charge is 0.494 e. The van der Waals surface area contributed by atoms with Gasteiger partial charge in [0.15, 0.2) is 11.6 Å². The lowest BCUT2D eigenvalue weighted by Crippen LogP contribution is -2.60. The minimum absolute atomic E-state index is 0.523. The van der Waals surface area contributed by atoms with Crippen LogP contribution in [0.1, 0.15) is 30.9 Å². The van der Waals surface area contributed by atoms with Crippen LogP contribution in [0.5, 0.6) is 5.75 Å². The fourth-order valence-corrected chi connectivity index (χ4v) is 4.27. The number of pyridine rings is 1. The van der Waals surface area contributed by atoms with Gasteiger partial charge in [0.25, 0.3) is 0 Å². The van der Waals surface area contributed by atoms with Gasteiger partial charge in [0, 0.05) is 55.0 Å². The third-order valence-electron chi connectivity index (χ3n) is 5.77. The first-order valence-corrected chi connectivity index (χ1v) is 11.0. The molecular weight excluding hydrogens is 418 g/mol. The van der Waals surface area contributed by atoms with Crippen molar-refractivity contribution in [3.05, 3.63) is 53.9 Å². The van der Waals surface area contributed by atoms with Gasteiger partial charge in [-0.2, -0.15) is 0 Å². The molecule has 1 aromatic carbocycles. The molecule has 0 saturated carbocycles. The molecule has 4 aromatic rings. The first-order chi connectivity index (χ1) is 15.8. The number of nitrogens with zero attached hydrogens (tertiary/aromatic N) is 7. The van der Waals surface area contributed by atoms with Gasteiger partial charge in [-0.15, -0.1) is 10.2 Å². The van der Waals surface area contributed by atoms with Crippen LogP contribution in [0.25, 0.3) is 22.3 Å². The predicted octanol–water partition coefficient (Wildman–Crippen LogP) is 2.69. The number of β-amino-alcohol motifs (C(OH)–C–C–N with tert-alkyl or cyclic N) is 1. The highest BCUT2D eigenvalue weighted by Crippen LogP contribution is 2.32. The molecule has 0 atom stereocenters. The molecule has 9 nitrogen and oxygen atoms in total. The normalized spacial score (nSPS) is 15.0. The van der Waals surface area contributed by atoms with Crippen molar-refractivity contribution in [2.75, 3.05) is 24.6 Å². The number of hydrogen-bond donors (Lipinski definition) is 1. The molecule has 9 heteroatoms. The molecule has 4 heterocycles. The summed E-state index contributed by atoms with van der Waals surface area (Å²) in [5, 5.41) is 19.3. The Morgan fingerprint density at radius 1 is 1.18 bits per heavy atom. The van der Waals surface area contributed by atoms with Crippen molar-refractivity contribution in [1.29, 1.82) is 0 Å². The SMILES string of the molecule is CCOc1cc(-c2nncn2C)ccc1Cc1ncc2cc(C)nc(N3CC(C)(O)C3)c2n1. The number of aromatic nitrogens is 6. The van der Waals surface area contributed by atoms with Gasteiger partial charge in [0.1, 0.15) is 23.4 Å². The van der Waals surface area contributed by atoms with E-state index >= 15 is 0 Å². The number of hydrogen-bond acceptors (Lipinski definition) is 8. The van der Waals surface area contributed by atoms with Gasteiger partial charge in [0.05, 0.1) is 12.2 Å². The number of aryl methyl sites for hydroxylation is 2. The summed E-state index contributed by atoms with van der Waals surface area (Å²) < 4.78 is 7.82. The average Bonchev–Trinajstić information content (AvgIpc) is 3.19. The highest BCUT2D eigenvalue weighted by molar-refractivity contribution is 5.89. The number of benzene rings is 1. The maximum Gasteiger partial charge on any atom is 0.163 e. The second-order valence-electron chi connectivity index (χ2n) is 8.86. The van der Waals surface area contributed by atoms with Crippen LogP contribution in [0, 0.1) is 6.92 Å². The van der Waals surface area contributed by atoms with Gasteiger partial charge in [-0.1, -0.05) is 12.1 Å². The van der Waals surface area contributed by atoms with Crippen LogP contribution in [0.2, 0.25) is 0 Å². The first kappa shape index (κ1) is 21.3. The molecule has 1 saturated heterocycles. The van der Waals surface area contributed by atoms with Crippen molar-refractivity contribution in [2.45, 2.75) is 32.8 Å². The van der Waals surface area contributed by atoms with Crippen LogP contribution < -0.4 is 9.64 Å². The van der Waals surface area contributed by atoms with E-state index in [9.17, 15) is 5.11 Å². The van der Waals surface area contributed by atoms with Crippen LogP contribution >= 0.6 is 0 Å². The van der Waals surface area contributed by atoms with Crippen LogP contribution in [0.4, 0.5) is 5.82 Å². The van der Waals surface area contributed by atoms with E-state index in [0.29, 0.717) is 31.9 Å². The lowest BCUT2D eigenvalue weighted by molar-refractivity contribution is 0.0307. The highest BCUT2D eigenvalue weighted by Gasteiger charge is 2.38. The Labute approximate surface area is 192 Å². The number of rotatable bonds is 6. The Balaban J connectivity index is 1.50.